The Hall–Kier alpha value is -2.41. The summed E-state index contributed by atoms with van der Waals surface area (Å²) in [6.45, 7) is 3.60. The van der Waals surface area contributed by atoms with Crippen molar-refractivity contribution in [1.29, 1.82) is 0 Å². The molecule has 0 radical (unpaired) electrons. The molecule has 7 heteroatoms. The minimum absolute atomic E-state index is 0.0924. The van der Waals surface area contributed by atoms with Crippen molar-refractivity contribution in [3.8, 4) is 0 Å². The monoisotopic (exact) mass is 396 g/mol. The number of nitrogens with one attached hydrogen (secondary N) is 2. The number of nitrogens with zero attached hydrogens (tertiary/aromatic N) is 4. The van der Waals surface area contributed by atoms with Crippen LogP contribution in [0, 0.1) is 5.92 Å². The van der Waals surface area contributed by atoms with Crippen LogP contribution < -0.4 is 5.32 Å². The molecule has 0 bridgehead atoms. The lowest BCUT2D eigenvalue weighted by Gasteiger charge is -2.38. The van der Waals surface area contributed by atoms with Crippen molar-refractivity contribution in [1.82, 2.24) is 24.8 Å². The quantitative estimate of drug-likeness (QED) is 0.704. The van der Waals surface area contributed by atoms with Crippen LogP contribution in [0.3, 0.4) is 0 Å². The van der Waals surface area contributed by atoms with E-state index in [0.717, 1.165) is 48.6 Å². The van der Waals surface area contributed by atoms with Gasteiger partial charge in [-0.15, -0.1) is 0 Å². The van der Waals surface area contributed by atoms with E-state index in [1.807, 2.05) is 30.0 Å². The standard InChI is InChI=1S/C22H32N6O/c1-15-6-9-18(13-28(15)19(29)5-4-10-27(2)3)26-22-20-17(11-16-7-8-16)12-23-21(20)24-14-25-22/h4-5,12,14-16,18H,6-11,13H2,1-3H3,(H2,23,24,25,26)/b5-4+. The molecule has 0 spiro atoms. The van der Waals surface area contributed by atoms with Crippen molar-refractivity contribution in [2.24, 2.45) is 5.92 Å². The van der Waals surface area contributed by atoms with Gasteiger partial charge in [-0.3, -0.25) is 4.79 Å². The van der Waals surface area contributed by atoms with Crippen molar-refractivity contribution in [2.75, 3.05) is 32.5 Å². The van der Waals surface area contributed by atoms with Crippen LogP contribution in [0.5, 0.6) is 0 Å². The first kappa shape index (κ1) is 19.9. The van der Waals surface area contributed by atoms with E-state index in [1.165, 1.54) is 18.4 Å². The average Bonchev–Trinajstić information content (AvgIpc) is 3.41. The predicted octanol–water partition coefficient (Wildman–Crippen LogP) is 2.82. The van der Waals surface area contributed by atoms with Crippen LogP contribution in [-0.2, 0) is 11.2 Å². The summed E-state index contributed by atoms with van der Waals surface area (Å²) in [7, 11) is 4.00. The van der Waals surface area contributed by atoms with Crippen molar-refractivity contribution >= 4 is 22.8 Å². The first-order valence-corrected chi connectivity index (χ1v) is 10.7. The molecule has 0 aromatic carbocycles. The van der Waals surface area contributed by atoms with Crippen LogP contribution >= 0.6 is 0 Å². The second-order valence-electron chi connectivity index (χ2n) is 8.83. The molecule has 1 aliphatic heterocycles. The van der Waals surface area contributed by atoms with Gasteiger partial charge in [-0.1, -0.05) is 6.08 Å². The molecular weight excluding hydrogens is 364 g/mol. The number of fused-ring (bicyclic) bond motifs is 1. The summed E-state index contributed by atoms with van der Waals surface area (Å²) in [5.74, 6) is 1.79. The van der Waals surface area contributed by atoms with Gasteiger partial charge in [-0.2, -0.15) is 0 Å². The zero-order valence-corrected chi connectivity index (χ0v) is 17.7. The molecule has 7 nitrogen and oxygen atoms in total. The van der Waals surface area contributed by atoms with Crippen molar-refractivity contribution in [3.05, 3.63) is 30.2 Å². The molecule has 1 aliphatic carbocycles. The number of aromatic nitrogens is 3. The molecule has 2 unspecified atom stereocenters. The van der Waals surface area contributed by atoms with E-state index < -0.39 is 0 Å². The topological polar surface area (TPSA) is 77.1 Å². The van der Waals surface area contributed by atoms with Crippen LogP contribution in [0.25, 0.3) is 11.0 Å². The first-order valence-electron chi connectivity index (χ1n) is 10.7. The number of hydrogen-bond acceptors (Lipinski definition) is 5. The van der Waals surface area contributed by atoms with E-state index in [-0.39, 0.29) is 18.0 Å². The van der Waals surface area contributed by atoms with E-state index in [2.05, 4.69) is 33.4 Å². The van der Waals surface area contributed by atoms with Gasteiger partial charge in [-0.25, -0.2) is 9.97 Å². The third-order valence-corrected chi connectivity index (χ3v) is 5.99. The molecule has 2 aromatic heterocycles. The smallest absolute Gasteiger partial charge is 0.246 e. The zero-order valence-electron chi connectivity index (χ0n) is 17.7. The van der Waals surface area contributed by atoms with Gasteiger partial charge in [0, 0.05) is 37.4 Å². The maximum atomic E-state index is 12.7. The van der Waals surface area contributed by atoms with Gasteiger partial charge in [0.1, 0.15) is 17.8 Å². The van der Waals surface area contributed by atoms with Gasteiger partial charge in [-0.05, 0) is 64.6 Å². The van der Waals surface area contributed by atoms with Crippen molar-refractivity contribution in [3.63, 3.8) is 0 Å². The Labute approximate surface area is 172 Å². The molecule has 4 rings (SSSR count). The Kier molecular flexibility index (Phi) is 5.85. The zero-order chi connectivity index (χ0) is 20.4. The minimum Gasteiger partial charge on any atom is -0.365 e. The first-order chi connectivity index (χ1) is 14.0. The Bertz CT molecular complexity index is 885. The maximum Gasteiger partial charge on any atom is 0.246 e. The molecule has 1 saturated heterocycles. The van der Waals surface area contributed by atoms with Crippen LogP contribution in [0.4, 0.5) is 5.82 Å². The second-order valence-corrected chi connectivity index (χ2v) is 8.83. The number of likely N-dealkylation sites (tertiary alicyclic amines) is 1. The summed E-state index contributed by atoms with van der Waals surface area (Å²) >= 11 is 0. The highest BCUT2D eigenvalue weighted by Crippen LogP contribution is 2.36. The van der Waals surface area contributed by atoms with E-state index >= 15 is 0 Å². The fourth-order valence-corrected chi connectivity index (χ4v) is 4.12. The molecule has 2 atom stereocenters. The normalized spacial score (nSPS) is 22.7. The van der Waals surface area contributed by atoms with Crippen LogP contribution in [0.2, 0.25) is 0 Å². The number of carbonyl (C=O) groups excluding carboxylic acids is 1. The van der Waals surface area contributed by atoms with Crippen LogP contribution in [-0.4, -0.2) is 69.9 Å². The van der Waals surface area contributed by atoms with Gasteiger partial charge >= 0.3 is 0 Å². The van der Waals surface area contributed by atoms with E-state index in [1.54, 1.807) is 12.4 Å². The third kappa shape index (κ3) is 4.78. The number of hydrogen-bond donors (Lipinski definition) is 2. The highest BCUT2D eigenvalue weighted by atomic mass is 16.2. The molecular formula is C22H32N6O. The van der Waals surface area contributed by atoms with E-state index in [9.17, 15) is 4.79 Å². The summed E-state index contributed by atoms with van der Waals surface area (Å²) in [5, 5.41) is 4.74. The lowest BCUT2D eigenvalue weighted by atomic mass is 9.99. The summed E-state index contributed by atoms with van der Waals surface area (Å²) in [6, 6.07) is 0.451. The Balaban J connectivity index is 1.47. The highest BCUT2D eigenvalue weighted by molar-refractivity contribution is 5.91. The van der Waals surface area contributed by atoms with Gasteiger partial charge in [0.2, 0.25) is 5.91 Å². The van der Waals surface area contributed by atoms with E-state index in [0.29, 0.717) is 6.54 Å². The number of carbonyl (C=O) groups is 1. The lowest BCUT2D eigenvalue weighted by Crippen LogP contribution is -2.49. The molecule has 1 saturated carbocycles. The number of anilines is 1. The number of rotatable bonds is 7. The number of H-pyrrole nitrogens is 1. The Morgan fingerprint density at radius 3 is 2.90 bits per heavy atom. The maximum absolute atomic E-state index is 12.7. The molecule has 2 fully saturated rings. The Morgan fingerprint density at radius 2 is 2.14 bits per heavy atom. The largest absolute Gasteiger partial charge is 0.365 e. The number of likely N-dealkylation sites (N-methyl/N-ethyl adjacent to an activating group) is 1. The molecule has 29 heavy (non-hydrogen) atoms. The number of aromatic amines is 1. The average molecular weight is 397 g/mol. The van der Waals surface area contributed by atoms with Crippen LogP contribution in [0.15, 0.2) is 24.7 Å². The van der Waals surface area contributed by atoms with Crippen LogP contribution in [0.1, 0.15) is 38.2 Å². The Morgan fingerprint density at radius 1 is 1.31 bits per heavy atom. The molecule has 1 amide bonds. The summed E-state index contributed by atoms with van der Waals surface area (Å²) in [5.41, 5.74) is 2.19. The summed E-state index contributed by atoms with van der Waals surface area (Å²) in [4.78, 5) is 29.0. The SMILES string of the molecule is CC1CCC(Nc2ncnc3[nH]cc(CC4CC4)c23)CN1C(=O)/C=C/CN(C)C. The van der Waals surface area contributed by atoms with Crippen molar-refractivity contribution < 1.29 is 4.79 Å². The predicted molar refractivity (Wildman–Crippen MR) is 116 cm³/mol. The van der Waals surface area contributed by atoms with Gasteiger partial charge in [0.15, 0.2) is 0 Å². The molecule has 2 aromatic rings. The molecule has 3 heterocycles. The van der Waals surface area contributed by atoms with Gasteiger partial charge in [0.25, 0.3) is 0 Å². The van der Waals surface area contributed by atoms with Gasteiger partial charge < -0.3 is 20.1 Å². The fraction of sp³-hybridized carbons (Fsp3) is 0.591. The summed E-state index contributed by atoms with van der Waals surface area (Å²) in [6.07, 6.45) is 13.1. The second kappa shape index (κ2) is 8.53. The molecule has 2 N–H and O–H groups in total. The number of amides is 1. The minimum atomic E-state index is 0.0924. The highest BCUT2D eigenvalue weighted by Gasteiger charge is 2.29. The lowest BCUT2D eigenvalue weighted by molar-refractivity contribution is -0.129. The molecule has 156 valence electrons. The number of piperidine rings is 1. The molecule has 2 aliphatic rings. The fourth-order valence-electron chi connectivity index (χ4n) is 4.12. The van der Waals surface area contributed by atoms with E-state index in [4.69, 9.17) is 0 Å². The van der Waals surface area contributed by atoms with Gasteiger partial charge in [0.05, 0.1) is 5.39 Å². The van der Waals surface area contributed by atoms with Crippen molar-refractivity contribution in [2.45, 2.75) is 51.1 Å². The summed E-state index contributed by atoms with van der Waals surface area (Å²) < 4.78 is 0. The third-order valence-electron chi connectivity index (χ3n) is 5.99.